The highest BCUT2D eigenvalue weighted by molar-refractivity contribution is 6.30. The van der Waals surface area contributed by atoms with Gasteiger partial charge in [0.25, 0.3) is 0 Å². The third-order valence-corrected chi connectivity index (χ3v) is 2.01. The molecule has 0 atom stereocenters. The molecule has 2 heteroatoms. The Morgan fingerprint density at radius 1 is 1.17 bits per heavy atom. The number of hydrogen-bond acceptors (Lipinski definition) is 1. The quantitative estimate of drug-likeness (QED) is 0.696. The van der Waals surface area contributed by atoms with E-state index in [1.807, 2.05) is 12.1 Å². The van der Waals surface area contributed by atoms with E-state index in [4.69, 9.17) is 11.6 Å². The van der Waals surface area contributed by atoms with Gasteiger partial charge in [-0.05, 0) is 38.2 Å². The van der Waals surface area contributed by atoms with Crippen LogP contribution in [0.15, 0.2) is 24.3 Å². The van der Waals surface area contributed by atoms with Crippen LogP contribution in [0.1, 0.15) is 5.56 Å². The first-order valence-electron chi connectivity index (χ1n) is 4.07. The van der Waals surface area contributed by atoms with Crippen molar-refractivity contribution in [1.29, 1.82) is 0 Å². The third kappa shape index (κ3) is 3.24. The van der Waals surface area contributed by atoms with Crippen LogP contribution in [0.3, 0.4) is 0 Å². The summed E-state index contributed by atoms with van der Waals surface area (Å²) in [6.45, 7) is 1.08. The van der Waals surface area contributed by atoms with Gasteiger partial charge in [0.15, 0.2) is 0 Å². The molecule has 0 aliphatic rings. The first-order valence-corrected chi connectivity index (χ1v) is 4.45. The molecule has 0 aromatic heterocycles. The summed E-state index contributed by atoms with van der Waals surface area (Å²) < 4.78 is 0. The Bertz CT molecular complexity index is 228. The summed E-state index contributed by atoms with van der Waals surface area (Å²) in [6.07, 6.45) is 1.09. The molecular weight excluding hydrogens is 170 g/mol. The molecule has 0 radical (unpaired) electrons. The van der Waals surface area contributed by atoms with Gasteiger partial charge >= 0.3 is 0 Å². The molecule has 66 valence electrons. The topological polar surface area (TPSA) is 3.24 Å². The van der Waals surface area contributed by atoms with Crippen LogP contribution in [-0.4, -0.2) is 25.5 Å². The zero-order chi connectivity index (χ0) is 8.97. The first-order chi connectivity index (χ1) is 5.68. The summed E-state index contributed by atoms with van der Waals surface area (Å²) in [5, 5.41) is 0.809. The third-order valence-electron chi connectivity index (χ3n) is 1.76. The van der Waals surface area contributed by atoms with Gasteiger partial charge < -0.3 is 4.90 Å². The van der Waals surface area contributed by atoms with Crippen molar-refractivity contribution in [3.8, 4) is 0 Å². The van der Waals surface area contributed by atoms with Gasteiger partial charge in [0.05, 0.1) is 0 Å². The highest BCUT2D eigenvalue weighted by Gasteiger charge is 1.94. The summed E-state index contributed by atoms with van der Waals surface area (Å²) in [7, 11) is 4.16. The Kier molecular flexibility index (Phi) is 3.57. The number of nitrogens with zero attached hydrogens (tertiary/aromatic N) is 1. The molecule has 0 heterocycles. The fraction of sp³-hybridized carbons (Fsp3) is 0.400. The van der Waals surface area contributed by atoms with E-state index in [2.05, 4.69) is 31.1 Å². The Morgan fingerprint density at radius 3 is 2.25 bits per heavy atom. The van der Waals surface area contributed by atoms with Crippen LogP contribution >= 0.6 is 11.6 Å². The molecule has 0 bridgehead atoms. The van der Waals surface area contributed by atoms with E-state index in [-0.39, 0.29) is 0 Å². The normalized spacial score (nSPS) is 10.7. The van der Waals surface area contributed by atoms with Gasteiger partial charge in [0.1, 0.15) is 0 Å². The Hall–Kier alpha value is -0.530. The van der Waals surface area contributed by atoms with Gasteiger partial charge in [-0.1, -0.05) is 23.7 Å². The predicted octanol–water partition coefficient (Wildman–Crippen LogP) is 2.44. The van der Waals surface area contributed by atoms with Crippen LogP contribution in [-0.2, 0) is 6.42 Å². The second-order valence-electron chi connectivity index (χ2n) is 3.18. The summed E-state index contributed by atoms with van der Waals surface area (Å²) in [4.78, 5) is 2.18. The zero-order valence-corrected chi connectivity index (χ0v) is 8.30. The highest BCUT2D eigenvalue weighted by Crippen LogP contribution is 2.09. The summed E-state index contributed by atoms with van der Waals surface area (Å²) in [5.74, 6) is 0. The fourth-order valence-electron chi connectivity index (χ4n) is 1.00. The second kappa shape index (κ2) is 4.48. The number of likely N-dealkylation sites (N-methyl/N-ethyl adjacent to an activating group) is 1. The SMILES string of the molecule is CN(C)CCc1ccc(Cl)cc1. The number of halogens is 1. The molecule has 0 saturated carbocycles. The van der Waals surface area contributed by atoms with E-state index in [0.717, 1.165) is 18.0 Å². The van der Waals surface area contributed by atoms with E-state index in [1.54, 1.807) is 0 Å². The molecule has 0 spiro atoms. The minimum absolute atomic E-state index is 0.809. The molecule has 0 aliphatic carbocycles. The predicted molar refractivity (Wildman–Crippen MR) is 53.7 cm³/mol. The number of rotatable bonds is 3. The Labute approximate surface area is 79.0 Å². The second-order valence-corrected chi connectivity index (χ2v) is 3.62. The van der Waals surface area contributed by atoms with Crippen molar-refractivity contribution in [2.75, 3.05) is 20.6 Å². The average molecular weight is 184 g/mol. The van der Waals surface area contributed by atoms with Crippen molar-refractivity contribution in [2.45, 2.75) is 6.42 Å². The van der Waals surface area contributed by atoms with Crippen molar-refractivity contribution in [3.05, 3.63) is 34.9 Å². The zero-order valence-electron chi connectivity index (χ0n) is 7.55. The summed E-state index contributed by atoms with van der Waals surface area (Å²) in [5.41, 5.74) is 1.34. The summed E-state index contributed by atoms with van der Waals surface area (Å²) >= 11 is 5.76. The van der Waals surface area contributed by atoms with Crippen molar-refractivity contribution >= 4 is 11.6 Å². The molecule has 0 N–H and O–H groups in total. The van der Waals surface area contributed by atoms with E-state index in [9.17, 15) is 0 Å². The molecule has 0 saturated heterocycles. The first kappa shape index (κ1) is 9.56. The van der Waals surface area contributed by atoms with Gasteiger partial charge in [-0.3, -0.25) is 0 Å². The molecular formula is C10H14ClN. The Morgan fingerprint density at radius 2 is 1.75 bits per heavy atom. The maximum Gasteiger partial charge on any atom is 0.0406 e. The average Bonchev–Trinajstić information content (AvgIpc) is 2.03. The van der Waals surface area contributed by atoms with Crippen LogP contribution in [0, 0.1) is 0 Å². The Balaban J connectivity index is 2.48. The molecule has 0 aliphatic heterocycles. The molecule has 1 aromatic rings. The van der Waals surface area contributed by atoms with Crippen LogP contribution in [0.4, 0.5) is 0 Å². The summed E-state index contributed by atoms with van der Waals surface area (Å²) in [6, 6.07) is 8.02. The largest absolute Gasteiger partial charge is 0.309 e. The fourth-order valence-corrected chi connectivity index (χ4v) is 1.13. The molecule has 12 heavy (non-hydrogen) atoms. The lowest BCUT2D eigenvalue weighted by Gasteiger charge is -2.08. The minimum Gasteiger partial charge on any atom is -0.309 e. The maximum absolute atomic E-state index is 5.76. The maximum atomic E-state index is 5.76. The van der Waals surface area contributed by atoms with Gasteiger partial charge in [0.2, 0.25) is 0 Å². The van der Waals surface area contributed by atoms with Crippen LogP contribution in [0.5, 0.6) is 0 Å². The lowest BCUT2D eigenvalue weighted by Crippen LogP contribution is -2.14. The van der Waals surface area contributed by atoms with Crippen LogP contribution in [0.2, 0.25) is 5.02 Å². The number of benzene rings is 1. The lowest BCUT2D eigenvalue weighted by atomic mass is 10.1. The molecule has 0 unspecified atom stereocenters. The van der Waals surface area contributed by atoms with Crippen LogP contribution in [0.25, 0.3) is 0 Å². The molecule has 1 nitrogen and oxygen atoms in total. The van der Waals surface area contributed by atoms with Gasteiger partial charge in [0, 0.05) is 11.6 Å². The molecule has 0 fully saturated rings. The minimum atomic E-state index is 0.809. The van der Waals surface area contributed by atoms with E-state index < -0.39 is 0 Å². The number of hydrogen-bond donors (Lipinski definition) is 0. The van der Waals surface area contributed by atoms with Gasteiger partial charge in [-0.15, -0.1) is 0 Å². The van der Waals surface area contributed by atoms with Crippen LogP contribution < -0.4 is 0 Å². The van der Waals surface area contributed by atoms with Crippen molar-refractivity contribution < 1.29 is 0 Å². The lowest BCUT2D eigenvalue weighted by molar-refractivity contribution is 0.413. The molecule has 0 amide bonds. The van der Waals surface area contributed by atoms with Crippen molar-refractivity contribution in [2.24, 2.45) is 0 Å². The monoisotopic (exact) mass is 183 g/mol. The smallest absolute Gasteiger partial charge is 0.0406 e. The van der Waals surface area contributed by atoms with Gasteiger partial charge in [-0.25, -0.2) is 0 Å². The van der Waals surface area contributed by atoms with E-state index in [0.29, 0.717) is 0 Å². The van der Waals surface area contributed by atoms with Crippen molar-refractivity contribution in [3.63, 3.8) is 0 Å². The van der Waals surface area contributed by atoms with E-state index in [1.165, 1.54) is 5.56 Å². The van der Waals surface area contributed by atoms with Crippen molar-refractivity contribution in [1.82, 2.24) is 4.90 Å². The molecule has 1 aromatic carbocycles. The highest BCUT2D eigenvalue weighted by atomic mass is 35.5. The molecule has 1 rings (SSSR count). The van der Waals surface area contributed by atoms with Gasteiger partial charge in [-0.2, -0.15) is 0 Å². The van der Waals surface area contributed by atoms with E-state index >= 15 is 0 Å². The standard InChI is InChI=1S/C10H14ClN/c1-12(2)8-7-9-3-5-10(11)6-4-9/h3-6H,7-8H2,1-2H3.